The molecule has 140 valence electrons. The van der Waals surface area contributed by atoms with Gasteiger partial charge in [-0.15, -0.1) is 0 Å². The molecule has 26 heavy (non-hydrogen) atoms. The number of nitrogens with one attached hydrogen (secondary N) is 1. The van der Waals surface area contributed by atoms with E-state index in [1.54, 1.807) is 12.1 Å². The normalized spacial score (nSPS) is 10.5. The fourth-order valence-corrected chi connectivity index (χ4v) is 2.73. The minimum absolute atomic E-state index is 0.0389. The second-order valence-electron chi connectivity index (χ2n) is 6.17. The fraction of sp³-hybridized carbons (Fsp3) is 0.381. The third-order valence-corrected chi connectivity index (χ3v) is 3.95. The average molecular weight is 356 g/mol. The summed E-state index contributed by atoms with van der Waals surface area (Å²) in [5, 5.41) is 2.85. The van der Waals surface area contributed by atoms with Crippen molar-refractivity contribution in [1.82, 2.24) is 0 Å². The van der Waals surface area contributed by atoms with Crippen LogP contribution in [0.2, 0.25) is 0 Å². The first-order valence-electron chi connectivity index (χ1n) is 9.05. The minimum Gasteiger partial charge on any atom is -0.494 e. The van der Waals surface area contributed by atoms with Crippen LogP contribution in [0.25, 0.3) is 0 Å². The van der Waals surface area contributed by atoms with Gasteiger partial charge in [0, 0.05) is 24.0 Å². The SMILES string of the molecule is CCOc1ccc(OCC(=O)Nc2ccc(N(CC)C(C)C)cc2)cc1. The van der Waals surface area contributed by atoms with Crippen molar-refractivity contribution in [2.45, 2.75) is 33.7 Å². The average Bonchev–Trinajstić information content (AvgIpc) is 2.63. The highest BCUT2D eigenvalue weighted by molar-refractivity contribution is 5.92. The van der Waals surface area contributed by atoms with E-state index in [9.17, 15) is 4.79 Å². The molecule has 0 aliphatic rings. The molecule has 1 N–H and O–H groups in total. The quantitative estimate of drug-likeness (QED) is 0.726. The molecule has 0 aromatic heterocycles. The van der Waals surface area contributed by atoms with Crippen molar-refractivity contribution in [2.24, 2.45) is 0 Å². The van der Waals surface area contributed by atoms with Crippen molar-refractivity contribution < 1.29 is 14.3 Å². The van der Waals surface area contributed by atoms with Crippen molar-refractivity contribution in [3.8, 4) is 11.5 Å². The van der Waals surface area contributed by atoms with Crippen LogP contribution in [0.1, 0.15) is 27.7 Å². The summed E-state index contributed by atoms with van der Waals surface area (Å²) >= 11 is 0. The van der Waals surface area contributed by atoms with Gasteiger partial charge in [0.05, 0.1) is 6.61 Å². The van der Waals surface area contributed by atoms with E-state index in [2.05, 4.69) is 31.0 Å². The molecule has 0 heterocycles. The Morgan fingerprint density at radius 3 is 2.04 bits per heavy atom. The molecule has 2 aromatic carbocycles. The van der Waals surface area contributed by atoms with Crippen molar-refractivity contribution in [2.75, 3.05) is 30.0 Å². The monoisotopic (exact) mass is 356 g/mol. The van der Waals surface area contributed by atoms with Gasteiger partial charge >= 0.3 is 0 Å². The maximum Gasteiger partial charge on any atom is 0.262 e. The van der Waals surface area contributed by atoms with Crippen LogP contribution in [0.15, 0.2) is 48.5 Å². The van der Waals surface area contributed by atoms with Gasteiger partial charge in [-0.25, -0.2) is 0 Å². The van der Waals surface area contributed by atoms with E-state index in [1.807, 2.05) is 43.3 Å². The summed E-state index contributed by atoms with van der Waals surface area (Å²) in [6.45, 7) is 9.92. The molecule has 5 nitrogen and oxygen atoms in total. The molecule has 5 heteroatoms. The number of rotatable bonds is 9. The van der Waals surface area contributed by atoms with Gasteiger partial charge in [0.15, 0.2) is 6.61 Å². The number of anilines is 2. The van der Waals surface area contributed by atoms with E-state index in [4.69, 9.17) is 9.47 Å². The predicted molar refractivity (Wildman–Crippen MR) is 106 cm³/mol. The lowest BCUT2D eigenvalue weighted by molar-refractivity contribution is -0.118. The molecular formula is C21H28N2O3. The van der Waals surface area contributed by atoms with Crippen molar-refractivity contribution in [3.63, 3.8) is 0 Å². The second kappa shape index (κ2) is 9.70. The standard InChI is InChI=1S/C21H28N2O3/c1-5-23(16(3)4)18-9-7-17(8-10-18)22-21(24)15-26-20-13-11-19(12-14-20)25-6-2/h7-14,16H,5-6,15H2,1-4H3,(H,22,24). The smallest absolute Gasteiger partial charge is 0.262 e. The lowest BCUT2D eigenvalue weighted by Gasteiger charge is -2.27. The number of nitrogens with zero attached hydrogens (tertiary/aromatic N) is 1. The number of ether oxygens (including phenoxy) is 2. The third-order valence-electron chi connectivity index (χ3n) is 3.95. The number of carbonyl (C=O) groups is 1. The summed E-state index contributed by atoms with van der Waals surface area (Å²) in [5.74, 6) is 1.23. The predicted octanol–water partition coefficient (Wildman–Crippen LogP) is 4.34. The van der Waals surface area contributed by atoms with Gasteiger partial charge in [0.25, 0.3) is 5.91 Å². The zero-order chi connectivity index (χ0) is 18.9. The topological polar surface area (TPSA) is 50.8 Å². The molecule has 2 aromatic rings. The Morgan fingerprint density at radius 1 is 0.962 bits per heavy atom. The number of hydrogen-bond acceptors (Lipinski definition) is 4. The van der Waals surface area contributed by atoms with Crippen LogP contribution < -0.4 is 19.7 Å². The van der Waals surface area contributed by atoms with Crippen LogP contribution in [0.5, 0.6) is 11.5 Å². The van der Waals surface area contributed by atoms with Gasteiger partial charge in [0.1, 0.15) is 11.5 Å². The molecule has 0 bridgehead atoms. The zero-order valence-electron chi connectivity index (χ0n) is 16.0. The Kier molecular flexibility index (Phi) is 7.33. The molecule has 0 aliphatic heterocycles. The molecule has 0 fully saturated rings. The van der Waals surface area contributed by atoms with Crippen molar-refractivity contribution >= 4 is 17.3 Å². The van der Waals surface area contributed by atoms with Gasteiger partial charge < -0.3 is 19.7 Å². The van der Waals surface area contributed by atoms with E-state index in [0.717, 1.165) is 23.7 Å². The fourth-order valence-electron chi connectivity index (χ4n) is 2.73. The first-order valence-corrected chi connectivity index (χ1v) is 9.05. The van der Waals surface area contributed by atoms with Crippen molar-refractivity contribution in [1.29, 1.82) is 0 Å². The number of amides is 1. The van der Waals surface area contributed by atoms with Gasteiger partial charge in [-0.3, -0.25) is 4.79 Å². The second-order valence-corrected chi connectivity index (χ2v) is 6.17. The first-order chi connectivity index (χ1) is 12.5. The van der Waals surface area contributed by atoms with Crippen LogP contribution in [-0.4, -0.2) is 31.7 Å². The van der Waals surface area contributed by atoms with Gasteiger partial charge in [-0.1, -0.05) is 0 Å². The highest BCUT2D eigenvalue weighted by Crippen LogP contribution is 2.20. The zero-order valence-corrected chi connectivity index (χ0v) is 16.0. The van der Waals surface area contributed by atoms with E-state index in [-0.39, 0.29) is 12.5 Å². The molecule has 0 saturated heterocycles. The Hall–Kier alpha value is -2.69. The van der Waals surface area contributed by atoms with Crippen LogP contribution >= 0.6 is 0 Å². The third kappa shape index (κ3) is 5.69. The van der Waals surface area contributed by atoms with Gasteiger partial charge in [-0.05, 0) is 76.2 Å². The van der Waals surface area contributed by atoms with E-state index in [1.165, 1.54) is 0 Å². The van der Waals surface area contributed by atoms with Gasteiger partial charge in [0.2, 0.25) is 0 Å². The summed E-state index contributed by atoms with van der Waals surface area (Å²) in [6.07, 6.45) is 0. The summed E-state index contributed by atoms with van der Waals surface area (Å²) < 4.78 is 10.9. The van der Waals surface area contributed by atoms with Crippen LogP contribution in [0, 0.1) is 0 Å². The van der Waals surface area contributed by atoms with Crippen LogP contribution in [0.4, 0.5) is 11.4 Å². The highest BCUT2D eigenvalue weighted by Gasteiger charge is 2.09. The molecule has 0 atom stereocenters. The number of hydrogen-bond donors (Lipinski definition) is 1. The highest BCUT2D eigenvalue weighted by atomic mass is 16.5. The molecule has 0 unspecified atom stereocenters. The maximum atomic E-state index is 12.1. The van der Waals surface area contributed by atoms with E-state index < -0.39 is 0 Å². The molecule has 0 aliphatic carbocycles. The van der Waals surface area contributed by atoms with Crippen LogP contribution in [-0.2, 0) is 4.79 Å². The molecule has 0 spiro atoms. The lowest BCUT2D eigenvalue weighted by atomic mass is 10.2. The largest absolute Gasteiger partial charge is 0.494 e. The van der Waals surface area contributed by atoms with Gasteiger partial charge in [-0.2, -0.15) is 0 Å². The lowest BCUT2D eigenvalue weighted by Crippen LogP contribution is -2.30. The summed E-state index contributed by atoms with van der Waals surface area (Å²) in [6, 6.07) is 15.5. The Balaban J connectivity index is 1.85. The number of carbonyl (C=O) groups excluding carboxylic acids is 1. The molecule has 2 rings (SSSR count). The van der Waals surface area contributed by atoms with Crippen LogP contribution in [0.3, 0.4) is 0 Å². The maximum absolute atomic E-state index is 12.1. The summed E-state index contributed by atoms with van der Waals surface area (Å²) in [5.41, 5.74) is 1.90. The van der Waals surface area contributed by atoms with E-state index in [0.29, 0.717) is 18.4 Å². The summed E-state index contributed by atoms with van der Waals surface area (Å²) in [4.78, 5) is 14.4. The van der Waals surface area contributed by atoms with E-state index >= 15 is 0 Å². The molecule has 0 saturated carbocycles. The molecule has 0 radical (unpaired) electrons. The Bertz CT molecular complexity index is 681. The first kappa shape index (κ1) is 19.6. The minimum atomic E-state index is -0.192. The van der Waals surface area contributed by atoms with Crippen molar-refractivity contribution in [3.05, 3.63) is 48.5 Å². The molecular weight excluding hydrogens is 328 g/mol. The number of benzene rings is 2. The summed E-state index contributed by atoms with van der Waals surface area (Å²) in [7, 11) is 0. The molecule has 1 amide bonds. The Morgan fingerprint density at radius 2 is 1.54 bits per heavy atom. The Labute approximate surface area is 155 Å².